The Morgan fingerprint density at radius 3 is 2.35 bits per heavy atom. The number of rotatable bonds is 3. The summed E-state index contributed by atoms with van der Waals surface area (Å²) in [6.45, 7) is 15.1. The molecule has 3 rings (SSSR count). The zero-order valence-corrected chi connectivity index (χ0v) is 29.0. The van der Waals surface area contributed by atoms with Crippen LogP contribution in [0, 0.1) is 29.6 Å². The zero-order valence-electron chi connectivity index (χ0n) is 29.0. The first-order valence-electron chi connectivity index (χ1n) is 16.6. The van der Waals surface area contributed by atoms with Crippen molar-refractivity contribution in [2.75, 3.05) is 6.61 Å². The summed E-state index contributed by atoms with van der Waals surface area (Å²) in [5, 5.41) is 12.2. The fourth-order valence-corrected chi connectivity index (χ4v) is 7.31. The van der Waals surface area contributed by atoms with Gasteiger partial charge in [-0.1, -0.05) is 65.0 Å². The lowest BCUT2D eigenvalue weighted by Crippen LogP contribution is -2.56. The van der Waals surface area contributed by atoms with E-state index >= 15 is 4.39 Å². The number of hydrogen-bond acceptors (Lipinski definition) is 7. The molecule has 46 heavy (non-hydrogen) atoms. The number of esters is 1. The molecule has 2 bridgehead atoms. The fourth-order valence-electron chi connectivity index (χ4n) is 7.31. The number of ketones is 1. The number of amides is 1. The topological polar surface area (TPSA) is 115 Å². The Morgan fingerprint density at radius 2 is 1.74 bits per heavy atom. The molecule has 1 aromatic rings. The summed E-state index contributed by atoms with van der Waals surface area (Å²) in [7, 11) is 0. The highest BCUT2D eigenvalue weighted by atomic mass is 19.1. The summed E-state index contributed by atoms with van der Waals surface area (Å²) in [6, 6.07) is 9.84. The number of halogens is 1. The van der Waals surface area contributed by atoms with Crippen molar-refractivity contribution in [3.05, 3.63) is 42.1 Å². The van der Waals surface area contributed by atoms with Gasteiger partial charge in [-0.05, 0) is 82.3 Å². The molecule has 2 aliphatic rings. The van der Waals surface area contributed by atoms with E-state index in [0.29, 0.717) is 31.4 Å². The predicted octanol–water partition coefficient (Wildman–Crippen LogP) is 6.98. The van der Waals surface area contributed by atoms with Crippen LogP contribution in [0.25, 0.3) is 6.08 Å². The number of aliphatic imine (C=N–C) groups is 2. The minimum absolute atomic E-state index is 0.163. The van der Waals surface area contributed by atoms with Crippen molar-refractivity contribution >= 4 is 35.2 Å². The first-order valence-corrected chi connectivity index (χ1v) is 16.6. The van der Waals surface area contributed by atoms with Gasteiger partial charge in [0.25, 0.3) is 5.67 Å². The van der Waals surface area contributed by atoms with Gasteiger partial charge in [0.15, 0.2) is 5.78 Å². The molecule has 2 heterocycles. The van der Waals surface area contributed by atoms with Gasteiger partial charge in [-0.15, -0.1) is 0 Å². The van der Waals surface area contributed by atoms with E-state index in [2.05, 4.69) is 4.99 Å². The van der Waals surface area contributed by atoms with Gasteiger partial charge in [0.05, 0.1) is 12.2 Å². The van der Waals surface area contributed by atoms with Crippen LogP contribution in [0.4, 0.5) is 4.39 Å². The Labute approximate surface area is 274 Å². The summed E-state index contributed by atoms with van der Waals surface area (Å²) in [5.41, 5.74) is -3.16. The maximum atomic E-state index is 16.2. The smallest absolute Gasteiger partial charge is 0.351 e. The Morgan fingerprint density at radius 1 is 1.09 bits per heavy atom. The molecule has 1 N–H and O–H groups in total. The third-order valence-electron chi connectivity index (χ3n) is 10.4. The number of hydrogen-bond donors (Lipinski definition) is 1. The van der Waals surface area contributed by atoms with E-state index in [0.717, 1.165) is 18.2 Å². The van der Waals surface area contributed by atoms with Gasteiger partial charge in [0.2, 0.25) is 5.91 Å². The second kappa shape index (κ2) is 15.2. The summed E-state index contributed by atoms with van der Waals surface area (Å²) < 4.78 is 28.5. The van der Waals surface area contributed by atoms with Gasteiger partial charge < -0.3 is 14.6 Å². The highest BCUT2D eigenvalue weighted by molar-refractivity contribution is 6.07. The maximum Gasteiger partial charge on any atom is 0.351 e. The number of carbonyl (C=O) groups is 3. The number of ether oxygens (including phenoxy) is 2. The number of aliphatic hydroxyl groups is 1. The summed E-state index contributed by atoms with van der Waals surface area (Å²) >= 11 is 0. The molecule has 8 nitrogen and oxygen atoms in total. The van der Waals surface area contributed by atoms with Crippen molar-refractivity contribution < 1.29 is 33.4 Å². The van der Waals surface area contributed by atoms with Gasteiger partial charge in [-0.25, -0.2) is 14.2 Å². The summed E-state index contributed by atoms with van der Waals surface area (Å²) in [4.78, 5) is 48.8. The van der Waals surface area contributed by atoms with Crippen LogP contribution in [0.1, 0.15) is 100.0 Å². The molecule has 9 heteroatoms. The van der Waals surface area contributed by atoms with E-state index in [1.165, 1.54) is 6.92 Å². The molecule has 0 aromatic heterocycles. The van der Waals surface area contributed by atoms with Crippen molar-refractivity contribution in [1.29, 1.82) is 0 Å². The molecule has 0 spiro atoms. The highest BCUT2D eigenvalue weighted by Gasteiger charge is 2.53. The van der Waals surface area contributed by atoms with Crippen molar-refractivity contribution in [3.63, 3.8) is 0 Å². The molecule has 1 amide bonds. The number of carbonyl (C=O) groups excluding carboxylic acids is 3. The minimum Gasteiger partial charge on any atom is -0.457 e. The van der Waals surface area contributed by atoms with Gasteiger partial charge in [-0.3, -0.25) is 14.6 Å². The van der Waals surface area contributed by atoms with Crippen LogP contribution < -0.4 is 0 Å². The highest BCUT2D eigenvalue weighted by Crippen LogP contribution is 2.42. The second-order valence-corrected chi connectivity index (χ2v) is 13.9. The van der Waals surface area contributed by atoms with Crippen molar-refractivity contribution in [2.24, 2.45) is 39.6 Å². The molecule has 2 fully saturated rings. The van der Waals surface area contributed by atoms with E-state index in [1.807, 2.05) is 64.1 Å². The molecular formula is C37H53FN2O6. The number of fused-ring (bicyclic) bond motifs is 5. The van der Waals surface area contributed by atoms with E-state index < -0.39 is 58.4 Å². The molecule has 9 atom stereocenters. The molecule has 0 unspecified atom stereocenters. The van der Waals surface area contributed by atoms with E-state index in [-0.39, 0.29) is 24.9 Å². The molecule has 254 valence electrons. The van der Waals surface area contributed by atoms with Crippen molar-refractivity contribution in [2.45, 2.75) is 117 Å². The van der Waals surface area contributed by atoms with Gasteiger partial charge in [0, 0.05) is 36.4 Å². The quantitative estimate of drug-likeness (QED) is 0.282. The van der Waals surface area contributed by atoms with Crippen molar-refractivity contribution in [1.82, 2.24) is 0 Å². The molecular weight excluding hydrogens is 587 g/mol. The van der Waals surface area contributed by atoms with Crippen LogP contribution in [0.5, 0.6) is 0 Å². The summed E-state index contributed by atoms with van der Waals surface area (Å²) in [5.74, 6) is -5.30. The normalized spacial score (nSPS) is 38.9. The van der Waals surface area contributed by atoms with Crippen LogP contribution >= 0.6 is 0 Å². The number of alkyl halides is 1. The van der Waals surface area contributed by atoms with Crippen LogP contribution in [-0.2, 0) is 23.9 Å². The Bertz CT molecular complexity index is 1340. The lowest BCUT2D eigenvalue weighted by Gasteiger charge is -2.46. The van der Waals surface area contributed by atoms with Gasteiger partial charge >= 0.3 is 5.97 Å². The molecule has 0 aliphatic carbocycles. The fraction of sp³-hybridized carbons (Fsp3) is 0.649. The molecule has 2 saturated heterocycles. The van der Waals surface area contributed by atoms with Crippen LogP contribution in [0.15, 0.2) is 46.5 Å². The Kier molecular flexibility index (Phi) is 12.4. The Balaban J connectivity index is 2.25. The van der Waals surface area contributed by atoms with Crippen LogP contribution in [-0.4, -0.2) is 63.8 Å². The number of Topliss-reactive ketones (excluding diaryl/α,β-unsaturated/α-hetero) is 1. The maximum absolute atomic E-state index is 16.2. The zero-order chi connectivity index (χ0) is 34.4. The standard InChI is InChI=1S/C37H53FN2O6/c1-10-31-37(9,44)30-18-14-17-29(39-20-19-28-15-12-11-13-16-28)22-45-35(7,21-23(2)32(25(30)4)40-27(6)41)26(5)24(3)33(42)36(8,38)34(43)46-31/h11-13,15-16,19-20,23-26,30-31,44H,10,14,17-18,21-22H2,1-9H3/b20-19+,39-29+,40-32+/t23-,24-,25-,26-,30-,31-,35-,36+,37+/m1/s1. The summed E-state index contributed by atoms with van der Waals surface area (Å²) in [6.07, 6.45) is 4.76. The van der Waals surface area contributed by atoms with E-state index in [9.17, 15) is 19.5 Å². The average molecular weight is 641 g/mol. The van der Waals surface area contributed by atoms with Gasteiger partial charge in [0.1, 0.15) is 11.7 Å². The SMILES string of the molecule is CC[C@H]1OC(=O)[C@@](C)(F)C(=O)[C@H](C)[C@@H](C)[C@@]2(C)C[C@@H](C)/C(=N\C(C)=O)[C@H](C)[C@@H](CCC/C(=N\C=C\c3ccccc3)CO2)[C@]1(C)O. The monoisotopic (exact) mass is 640 g/mol. The van der Waals surface area contributed by atoms with E-state index in [4.69, 9.17) is 14.5 Å². The lowest BCUT2D eigenvalue weighted by atomic mass is 9.67. The van der Waals surface area contributed by atoms with E-state index in [1.54, 1.807) is 27.0 Å². The second-order valence-electron chi connectivity index (χ2n) is 13.9. The first kappa shape index (κ1) is 37.4. The average Bonchev–Trinajstić information content (AvgIpc) is 3.00. The first-order chi connectivity index (χ1) is 21.5. The Hall–Kier alpha value is -3.04. The van der Waals surface area contributed by atoms with Crippen LogP contribution in [0.3, 0.4) is 0 Å². The third-order valence-corrected chi connectivity index (χ3v) is 10.4. The number of nitrogens with zero attached hydrogens (tertiary/aromatic N) is 2. The van der Waals surface area contributed by atoms with Crippen molar-refractivity contribution in [3.8, 4) is 0 Å². The molecule has 2 aliphatic heterocycles. The largest absolute Gasteiger partial charge is 0.457 e. The molecule has 1 aromatic carbocycles. The minimum atomic E-state index is -2.93. The number of benzene rings is 1. The predicted molar refractivity (Wildman–Crippen MR) is 179 cm³/mol. The lowest BCUT2D eigenvalue weighted by molar-refractivity contribution is -0.187. The van der Waals surface area contributed by atoms with Crippen LogP contribution in [0.2, 0.25) is 0 Å². The van der Waals surface area contributed by atoms with Gasteiger partial charge in [-0.2, -0.15) is 0 Å². The molecule has 0 saturated carbocycles. The number of cyclic esters (lactones) is 1. The third kappa shape index (κ3) is 8.45. The molecule has 0 radical (unpaired) electrons.